The molecule has 0 amide bonds. The van der Waals surface area contributed by atoms with Gasteiger partial charge in [-0.1, -0.05) is 0 Å². The van der Waals surface area contributed by atoms with Gasteiger partial charge in [-0.05, 0) is 19.8 Å². The van der Waals surface area contributed by atoms with E-state index in [1.807, 2.05) is 12.3 Å². The number of ether oxygens (including phenoxy) is 1. The Labute approximate surface area is 123 Å². The van der Waals surface area contributed by atoms with Crippen molar-refractivity contribution in [3.63, 3.8) is 0 Å². The molecule has 2 fully saturated rings. The maximum atomic E-state index is 10.2. The zero-order valence-corrected chi connectivity index (χ0v) is 12.6. The Hall–Kier alpha value is -0.690. The maximum absolute atomic E-state index is 10.2. The van der Waals surface area contributed by atoms with Crippen LogP contribution in [0.3, 0.4) is 0 Å². The van der Waals surface area contributed by atoms with E-state index in [4.69, 9.17) is 9.84 Å². The number of anilines is 1. The van der Waals surface area contributed by atoms with Gasteiger partial charge in [-0.15, -0.1) is 11.3 Å². The van der Waals surface area contributed by atoms with Gasteiger partial charge in [-0.2, -0.15) is 0 Å². The number of nitrogens with zero attached hydrogens (tertiary/aromatic N) is 2. The van der Waals surface area contributed by atoms with Gasteiger partial charge in [0.25, 0.3) is 0 Å². The van der Waals surface area contributed by atoms with Crippen LogP contribution in [0.25, 0.3) is 0 Å². The molecule has 2 atom stereocenters. The van der Waals surface area contributed by atoms with E-state index in [9.17, 15) is 5.11 Å². The SMILES string of the molecule is CCO[C@@H]1C[C@H](O)C12CCN(c1nc(CO)cs1)CC2. The van der Waals surface area contributed by atoms with Crippen molar-refractivity contribution in [1.29, 1.82) is 0 Å². The summed E-state index contributed by atoms with van der Waals surface area (Å²) < 4.78 is 5.78. The second-order valence-corrected chi connectivity index (χ2v) is 6.53. The summed E-state index contributed by atoms with van der Waals surface area (Å²) in [6.07, 6.45) is 2.68. The molecule has 1 aromatic heterocycles. The zero-order valence-electron chi connectivity index (χ0n) is 11.8. The molecule has 2 heterocycles. The minimum atomic E-state index is -0.217. The largest absolute Gasteiger partial charge is 0.392 e. The molecule has 0 unspecified atom stereocenters. The molecular weight excluding hydrogens is 276 g/mol. The lowest BCUT2D eigenvalue weighted by Gasteiger charge is -2.56. The van der Waals surface area contributed by atoms with Crippen molar-refractivity contribution in [2.75, 3.05) is 24.6 Å². The van der Waals surface area contributed by atoms with Crippen LogP contribution in [0.2, 0.25) is 0 Å². The fourth-order valence-electron chi connectivity index (χ4n) is 3.45. The Morgan fingerprint density at radius 1 is 1.50 bits per heavy atom. The van der Waals surface area contributed by atoms with E-state index in [0.717, 1.165) is 49.8 Å². The van der Waals surface area contributed by atoms with Gasteiger partial charge < -0.3 is 19.8 Å². The Bertz CT molecular complexity index is 455. The van der Waals surface area contributed by atoms with Crippen molar-refractivity contribution in [2.45, 2.75) is 45.0 Å². The normalized spacial score (nSPS) is 28.6. The van der Waals surface area contributed by atoms with Crippen molar-refractivity contribution < 1.29 is 14.9 Å². The highest BCUT2D eigenvalue weighted by Crippen LogP contribution is 2.51. The molecule has 1 spiro atoms. The number of aliphatic hydroxyl groups is 2. The van der Waals surface area contributed by atoms with Gasteiger partial charge in [0.15, 0.2) is 5.13 Å². The van der Waals surface area contributed by atoms with Gasteiger partial charge in [0, 0.05) is 36.9 Å². The number of aliphatic hydroxyl groups excluding tert-OH is 2. The minimum Gasteiger partial charge on any atom is -0.392 e. The third-order valence-electron chi connectivity index (χ3n) is 4.78. The topological polar surface area (TPSA) is 65.8 Å². The van der Waals surface area contributed by atoms with Crippen LogP contribution >= 0.6 is 11.3 Å². The summed E-state index contributed by atoms with van der Waals surface area (Å²) in [6, 6.07) is 0. The molecule has 2 N–H and O–H groups in total. The van der Waals surface area contributed by atoms with Crippen LogP contribution in [-0.4, -0.2) is 47.1 Å². The third kappa shape index (κ3) is 2.24. The molecule has 3 rings (SSSR count). The Balaban J connectivity index is 1.64. The van der Waals surface area contributed by atoms with E-state index >= 15 is 0 Å². The number of hydrogen-bond acceptors (Lipinski definition) is 6. The molecule has 1 aliphatic carbocycles. The quantitative estimate of drug-likeness (QED) is 0.879. The number of rotatable bonds is 4. The predicted octanol–water partition coefficient (Wildman–Crippen LogP) is 1.39. The van der Waals surface area contributed by atoms with Crippen molar-refractivity contribution in [2.24, 2.45) is 5.41 Å². The first-order valence-corrected chi connectivity index (χ1v) is 8.17. The van der Waals surface area contributed by atoms with Crippen molar-refractivity contribution in [3.8, 4) is 0 Å². The summed E-state index contributed by atoms with van der Waals surface area (Å²) in [5.74, 6) is 0. The van der Waals surface area contributed by atoms with Gasteiger partial charge in [-0.25, -0.2) is 4.98 Å². The highest BCUT2D eigenvalue weighted by atomic mass is 32.1. The van der Waals surface area contributed by atoms with Gasteiger partial charge >= 0.3 is 0 Å². The maximum Gasteiger partial charge on any atom is 0.185 e. The first-order chi connectivity index (χ1) is 9.69. The van der Waals surface area contributed by atoms with Gasteiger partial charge in [-0.3, -0.25) is 0 Å². The lowest BCUT2D eigenvalue weighted by molar-refractivity contribution is -0.199. The van der Waals surface area contributed by atoms with E-state index in [2.05, 4.69) is 9.88 Å². The molecule has 112 valence electrons. The molecule has 1 aliphatic heterocycles. The summed E-state index contributed by atoms with van der Waals surface area (Å²) in [5, 5.41) is 22.1. The summed E-state index contributed by atoms with van der Waals surface area (Å²) in [5.41, 5.74) is 0.699. The molecule has 0 bridgehead atoms. The van der Waals surface area contributed by atoms with Crippen LogP contribution in [0.1, 0.15) is 31.9 Å². The molecule has 6 heteroatoms. The van der Waals surface area contributed by atoms with Gasteiger partial charge in [0.1, 0.15) is 0 Å². The number of aromatic nitrogens is 1. The van der Waals surface area contributed by atoms with E-state index in [0.29, 0.717) is 0 Å². The third-order valence-corrected chi connectivity index (χ3v) is 5.73. The summed E-state index contributed by atoms with van der Waals surface area (Å²) in [4.78, 5) is 6.67. The number of piperidine rings is 1. The predicted molar refractivity (Wildman–Crippen MR) is 78.0 cm³/mol. The highest BCUT2D eigenvalue weighted by molar-refractivity contribution is 7.13. The first-order valence-electron chi connectivity index (χ1n) is 7.29. The van der Waals surface area contributed by atoms with Crippen LogP contribution in [0.15, 0.2) is 5.38 Å². The fourth-order valence-corrected chi connectivity index (χ4v) is 4.32. The van der Waals surface area contributed by atoms with Crippen LogP contribution < -0.4 is 4.90 Å². The number of thiazole rings is 1. The zero-order chi connectivity index (χ0) is 14.2. The molecule has 20 heavy (non-hydrogen) atoms. The van der Waals surface area contributed by atoms with Crippen LogP contribution in [0, 0.1) is 5.41 Å². The highest BCUT2D eigenvalue weighted by Gasteiger charge is 2.56. The van der Waals surface area contributed by atoms with E-state index < -0.39 is 0 Å². The molecular formula is C14H22N2O3S. The molecule has 2 aliphatic rings. The van der Waals surface area contributed by atoms with E-state index in [1.54, 1.807) is 11.3 Å². The second kappa shape index (κ2) is 5.60. The summed E-state index contributed by atoms with van der Waals surface area (Å²) in [6.45, 7) is 4.53. The minimum absolute atomic E-state index is 0.000590. The Morgan fingerprint density at radius 2 is 2.25 bits per heavy atom. The molecule has 0 radical (unpaired) electrons. The van der Waals surface area contributed by atoms with Gasteiger partial charge in [0.2, 0.25) is 0 Å². The monoisotopic (exact) mass is 298 g/mol. The van der Waals surface area contributed by atoms with E-state index in [1.165, 1.54) is 0 Å². The summed E-state index contributed by atoms with van der Waals surface area (Å²) >= 11 is 1.58. The van der Waals surface area contributed by atoms with Crippen molar-refractivity contribution >= 4 is 16.5 Å². The number of hydrogen-bond donors (Lipinski definition) is 2. The lowest BCUT2D eigenvalue weighted by Crippen LogP contribution is -2.62. The van der Waals surface area contributed by atoms with Crippen LogP contribution in [0.5, 0.6) is 0 Å². The van der Waals surface area contributed by atoms with Gasteiger partial charge in [0.05, 0.1) is 24.5 Å². The van der Waals surface area contributed by atoms with E-state index in [-0.39, 0.29) is 24.2 Å². The first kappa shape index (κ1) is 14.3. The Morgan fingerprint density at radius 3 is 2.80 bits per heavy atom. The molecule has 0 aromatic carbocycles. The fraction of sp³-hybridized carbons (Fsp3) is 0.786. The average molecular weight is 298 g/mol. The standard InChI is InChI=1S/C14H22N2O3S/c1-2-19-12-7-11(18)14(12)3-5-16(6-4-14)13-15-10(8-17)9-20-13/h9,11-12,17-18H,2-8H2,1H3/t11-,12+/m0/s1. The van der Waals surface area contributed by atoms with Crippen LogP contribution in [-0.2, 0) is 11.3 Å². The molecule has 1 saturated carbocycles. The average Bonchev–Trinajstić information content (AvgIpc) is 2.96. The molecule has 5 nitrogen and oxygen atoms in total. The smallest absolute Gasteiger partial charge is 0.185 e. The lowest BCUT2D eigenvalue weighted by atomic mass is 9.58. The van der Waals surface area contributed by atoms with Crippen LogP contribution in [0.4, 0.5) is 5.13 Å². The Kier molecular flexibility index (Phi) is 3.99. The van der Waals surface area contributed by atoms with Crippen molar-refractivity contribution in [3.05, 3.63) is 11.1 Å². The summed E-state index contributed by atoms with van der Waals surface area (Å²) in [7, 11) is 0. The molecule has 1 saturated heterocycles. The second-order valence-electron chi connectivity index (χ2n) is 5.70. The van der Waals surface area contributed by atoms with Crippen molar-refractivity contribution in [1.82, 2.24) is 4.98 Å². The molecule has 1 aromatic rings.